The van der Waals surface area contributed by atoms with Gasteiger partial charge < -0.3 is 10.2 Å². The molecular weight excluding hydrogens is 268 g/mol. The molecule has 0 amide bonds. The maximum atomic E-state index is 4.64. The van der Waals surface area contributed by atoms with Crippen LogP contribution < -0.4 is 5.32 Å². The standard InChI is InChI=1S/C15H20N4S/c1-19-7-5-12(10-19)8-16-9-13-11-20-15(18-13)14-4-2-3-6-17-14/h2-4,6,11-12,16H,5,7-10H2,1H3. The molecule has 2 aromatic rings. The highest BCUT2D eigenvalue weighted by atomic mass is 32.1. The number of hydrogen-bond donors (Lipinski definition) is 1. The van der Waals surface area contributed by atoms with Crippen LogP contribution in [0.4, 0.5) is 0 Å². The maximum absolute atomic E-state index is 4.64. The molecule has 2 aromatic heterocycles. The van der Waals surface area contributed by atoms with Crippen molar-refractivity contribution in [1.29, 1.82) is 0 Å². The molecule has 1 N–H and O–H groups in total. The Bertz CT molecular complexity index is 540. The maximum Gasteiger partial charge on any atom is 0.142 e. The number of nitrogens with one attached hydrogen (secondary N) is 1. The van der Waals surface area contributed by atoms with Gasteiger partial charge in [-0.15, -0.1) is 11.3 Å². The van der Waals surface area contributed by atoms with E-state index in [1.54, 1.807) is 11.3 Å². The first-order valence-corrected chi connectivity index (χ1v) is 7.94. The van der Waals surface area contributed by atoms with E-state index in [4.69, 9.17) is 0 Å². The minimum absolute atomic E-state index is 0.786. The molecule has 0 bridgehead atoms. The molecular formula is C15H20N4S. The van der Waals surface area contributed by atoms with E-state index in [0.29, 0.717) is 0 Å². The fraction of sp³-hybridized carbons (Fsp3) is 0.467. The molecule has 5 heteroatoms. The summed E-state index contributed by atoms with van der Waals surface area (Å²) in [5.74, 6) is 0.786. The number of aromatic nitrogens is 2. The second kappa shape index (κ2) is 6.43. The largest absolute Gasteiger partial charge is 0.311 e. The zero-order chi connectivity index (χ0) is 13.8. The number of thiazole rings is 1. The van der Waals surface area contributed by atoms with Crippen molar-refractivity contribution in [2.24, 2.45) is 5.92 Å². The van der Waals surface area contributed by atoms with E-state index in [9.17, 15) is 0 Å². The van der Waals surface area contributed by atoms with E-state index in [1.807, 2.05) is 24.4 Å². The lowest BCUT2D eigenvalue weighted by molar-refractivity contribution is 0.388. The fourth-order valence-electron chi connectivity index (χ4n) is 2.59. The molecule has 106 valence electrons. The second-order valence-electron chi connectivity index (χ2n) is 5.41. The molecule has 1 aliphatic heterocycles. The van der Waals surface area contributed by atoms with Crippen LogP contribution in [0.1, 0.15) is 12.1 Å². The van der Waals surface area contributed by atoms with E-state index < -0.39 is 0 Å². The van der Waals surface area contributed by atoms with Gasteiger partial charge in [-0.05, 0) is 44.6 Å². The van der Waals surface area contributed by atoms with E-state index in [-0.39, 0.29) is 0 Å². The average molecular weight is 288 g/mol. The van der Waals surface area contributed by atoms with Crippen molar-refractivity contribution in [1.82, 2.24) is 20.2 Å². The van der Waals surface area contributed by atoms with Gasteiger partial charge in [-0.2, -0.15) is 0 Å². The van der Waals surface area contributed by atoms with Crippen molar-refractivity contribution in [3.8, 4) is 10.7 Å². The van der Waals surface area contributed by atoms with Gasteiger partial charge in [-0.1, -0.05) is 6.07 Å². The molecule has 0 radical (unpaired) electrons. The molecule has 3 rings (SSSR count). The normalized spacial score (nSPS) is 19.6. The lowest BCUT2D eigenvalue weighted by atomic mass is 10.1. The van der Waals surface area contributed by atoms with Gasteiger partial charge in [0.15, 0.2) is 0 Å². The number of likely N-dealkylation sites (tertiary alicyclic amines) is 1. The predicted octanol–water partition coefficient (Wildman–Crippen LogP) is 2.25. The number of nitrogens with zero attached hydrogens (tertiary/aromatic N) is 3. The Morgan fingerprint density at radius 2 is 2.40 bits per heavy atom. The van der Waals surface area contributed by atoms with Crippen LogP contribution in [-0.2, 0) is 6.54 Å². The first kappa shape index (κ1) is 13.7. The average Bonchev–Trinajstić information content (AvgIpc) is 3.09. The van der Waals surface area contributed by atoms with Crippen LogP contribution >= 0.6 is 11.3 Å². The molecule has 1 aliphatic rings. The second-order valence-corrected chi connectivity index (χ2v) is 6.26. The first-order chi connectivity index (χ1) is 9.81. The van der Waals surface area contributed by atoms with Gasteiger partial charge in [0, 0.05) is 24.7 Å². The minimum Gasteiger partial charge on any atom is -0.311 e. The highest BCUT2D eigenvalue weighted by Crippen LogP contribution is 2.21. The van der Waals surface area contributed by atoms with E-state index in [1.165, 1.54) is 19.5 Å². The summed E-state index contributed by atoms with van der Waals surface area (Å²) >= 11 is 1.66. The quantitative estimate of drug-likeness (QED) is 0.916. The van der Waals surface area contributed by atoms with Crippen molar-refractivity contribution in [2.45, 2.75) is 13.0 Å². The molecule has 0 aliphatic carbocycles. The third-order valence-corrected chi connectivity index (χ3v) is 4.58. The summed E-state index contributed by atoms with van der Waals surface area (Å²) in [5.41, 5.74) is 2.07. The molecule has 1 saturated heterocycles. The van der Waals surface area contributed by atoms with Crippen molar-refractivity contribution >= 4 is 11.3 Å². The van der Waals surface area contributed by atoms with E-state index in [2.05, 4.69) is 32.6 Å². The number of pyridine rings is 1. The van der Waals surface area contributed by atoms with Crippen molar-refractivity contribution in [2.75, 3.05) is 26.7 Å². The Morgan fingerprint density at radius 1 is 1.45 bits per heavy atom. The molecule has 4 nitrogen and oxygen atoms in total. The van der Waals surface area contributed by atoms with Crippen LogP contribution in [-0.4, -0.2) is 41.5 Å². The van der Waals surface area contributed by atoms with E-state index >= 15 is 0 Å². The summed E-state index contributed by atoms with van der Waals surface area (Å²) in [7, 11) is 2.19. The van der Waals surface area contributed by atoms with Gasteiger partial charge in [0.1, 0.15) is 5.01 Å². The van der Waals surface area contributed by atoms with Gasteiger partial charge in [0.05, 0.1) is 11.4 Å². The summed E-state index contributed by atoms with van der Waals surface area (Å²) in [6.07, 6.45) is 3.12. The van der Waals surface area contributed by atoms with Crippen molar-refractivity contribution < 1.29 is 0 Å². The van der Waals surface area contributed by atoms with Crippen LogP contribution in [0.3, 0.4) is 0 Å². The predicted molar refractivity (Wildman–Crippen MR) is 82.7 cm³/mol. The Morgan fingerprint density at radius 3 is 3.15 bits per heavy atom. The lowest BCUT2D eigenvalue weighted by Gasteiger charge is -2.10. The topological polar surface area (TPSA) is 41.0 Å². The lowest BCUT2D eigenvalue weighted by Crippen LogP contribution is -2.24. The van der Waals surface area contributed by atoms with Crippen LogP contribution in [0.2, 0.25) is 0 Å². The van der Waals surface area contributed by atoms with Crippen molar-refractivity contribution in [3.63, 3.8) is 0 Å². The van der Waals surface area contributed by atoms with Gasteiger partial charge in [-0.25, -0.2) is 4.98 Å². The highest BCUT2D eigenvalue weighted by molar-refractivity contribution is 7.13. The van der Waals surface area contributed by atoms with Gasteiger partial charge in [0.2, 0.25) is 0 Å². The van der Waals surface area contributed by atoms with Crippen LogP contribution in [0, 0.1) is 5.92 Å². The molecule has 1 atom stereocenters. The third-order valence-electron chi connectivity index (χ3n) is 3.66. The number of hydrogen-bond acceptors (Lipinski definition) is 5. The zero-order valence-corrected chi connectivity index (χ0v) is 12.6. The third kappa shape index (κ3) is 3.42. The monoisotopic (exact) mass is 288 g/mol. The van der Waals surface area contributed by atoms with Gasteiger partial charge >= 0.3 is 0 Å². The van der Waals surface area contributed by atoms with Crippen LogP contribution in [0.5, 0.6) is 0 Å². The van der Waals surface area contributed by atoms with E-state index in [0.717, 1.165) is 35.4 Å². The fourth-order valence-corrected chi connectivity index (χ4v) is 3.39. The smallest absolute Gasteiger partial charge is 0.142 e. The molecule has 0 spiro atoms. The minimum atomic E-state index is 0.786. The summed E-state index contributed by atoms with van der Waals surface area (Å²) in [6.45, 7) is 4.38. The molecule has 3 heterocycles. The Balaban J connectivity index is 1.50. The van der Waals surface area contributed by atoms with Crippen molar-refractivity contribution in [3.05, 3.63) is 35.5 Å². The molecule has 0 saturated carbocycles. The molecule has 0 aromatic carbocycles. The summed E-state index contributed by atoms with van der Waals surface area (Å²) < 4.78 is 0. The SMILES string of the molecule is CN1CCC(CNCc2csc(-c3ccccn3)n2)C1. The Kier molecular flexibility index (Phi) is 4.40. The molecule has 20 heavy (non-hydrogen) atoms. The summed E-state index contributed by atoms with van der Waals surface area (Å²) in [5, 5.41) is 6.65. The van der Waals surface area contributed by atoms with Crippen LogP contribution in [0.15, 0.2) is 29.8 Å². The van der Waals surface area contributed by atoms with Gasteiger partial charge in [-0.3, -0.25) is 4.98 Å². The Labute approximate surface area is 123 Å². The van der Waals surface area contributed by atoms with Gasteiger partial charge in [0.25, 0.3) is 0 Å². The molecule has 1 fully saturated rings. The highest BCUT2D eigenvalue weighted by Gasteiger charge is 2.18. The van der Waals surface area contributed by atoms with Crippen LogP contribution in [0.25, 0.3) is 10.7 Å². The molecule has 1 unspecified atom stereocenters. The summed E-state index contributed by atoms with van der Waals surface area (Å²) in [6, 6.07) is 5.93. The summed E-state index contributed by atoms with van der Waals surface area (Å²) in [4.78, 5) is 11.4. The first-order valence-electron chi connectivity index (χ1n) is 7.06. The Hall–Kier alpha value is -1.30. The number of rotatable bonds is 5. The zero-order valence-electron chi connectivity index (χ0n) is 11.7.